The van der Waals surface area contributed by atoms with Crippen LogP contribution >= 0.6 is 0 Å². The average molecular weight is 254 g/mol. The molecule has 0 aromatic heterocycles. The van der Waals surface area contributed by atoms with Gasteiger partial charge in [-0.1, -0.05) is 26.2 Å². The van der Waals surface area contributed by atoms with Crippen molar-refractivity contribution in [3.63, 3.8) is 0 Å². The lowest BCUT2D eigenvalue weighted by Crippen LogP contribution is -2.62. The highest BCUT2D eigenvalue weighted by atomic mass is 16.5. The van der Waals surface area contributed by atoms with E-state index in [0.717, 1.165) is 32.1 Å². The van der Waals surface area contributed by atoms with Crippen LogP contribution in [0.2, 0.25) is 0 Å². The van der Waals surface area contributed by atoms with Gasteiger partial charge in [0, 0.05) is 6.54 Å². The maximum Gasteiger partial charge on any atom is 0.243 e. The van der Waals surface area contributed by atoms with E-state index in [1.807, 2.05) is 11.8 Å². The summed E-state index contributed by atoms with van der Waals surface area (Å²) in [7, 11) is 0. The summed E-state index contributed by atoms with van der Waals surface area (Å²) in [4.78, 5) is 14.7. The molecule has 4 heteroatoms. The normalized spacial score (nSPS) is 32.3. The summed E-state index contributed by atoms with van der Waals surface area (Å²) in [6.07, 6.45) is 6.13. The van der Waals surface area contributed by atoms with Crippen LogP contribution in [0.4, 0.5) is 0 Å². The zero-order valence-corrected chi connectivity index (χ0v) is 11.7. The predicted octanol–water partition coefficient (Wildman–Crippen LogP) is 1.67. The Labute approximate surface area is 110 Å². The molecule has 2 atom stereocenters. The first kappa shape index (κ1) is 13.8. The van der Waals surface area contributed by atoms with Gasteiger partial charge in [-0.2, -0.15) is 0 Å². The Morgan fingerprint density at radius 2 is 2.06 bits per heavy atom. The molecule has 1 saturated heterocycles. The van der Waals surface area contributed by atoms with Gasteiger partial charge in [0.1, 0.15) is 0 Å². The molecule has 0 aromatic carbocycles. The molecule has 2 aliphatic rings. The molecule has 0 spiro atoms. The Balaban J connectivity index is 2.09. The van der Waals surface area contributed by atoms with E-state index in [9.17, 15) is 4.79 Å². The maximum absolute atomic E-state index is 12.7. The minimum Gasteiger partial charge on any atom is -0.375 e. The second-order valence-corrected chi connectivity index (χ2v) is 5.88. The molecular weight excluding hydrogens is 228 g/mol. The molecule has 18 heavy (non-hydrogen) atoms. The number of amides is 1. The molecule has 1 aliphatic heterocycles. The van der Waals surface area contributed by atoms with Gasteiger partial charge in [-0.05, 0) is 26.2 Å². The van der Waals surface area contributed by atoms with Gasteiger partial charge < -0.3 is 15.4 Å². The van der Waals surface area contributed by atoms with E-state index in [1.54, 1.807) is 0 Å². The Morgan fingerprint density at radius 3 is 2.67 bits per heavy atom. The van der Waals surface area contributed by atoms with E-state index in [4.69, 9.17) is 10.5 Å². The van der Waals surface area contributed by atoms with Crippen LogP contribution in [0.5, 0.6) is 0 Å². The standard InChI is InChI=1S/C14H26N2O2/c1-3-12-10-18-11(2)9-16(12)13(17)14(15)7-5-4-6-8-14/h11-12H,3-10,15H2,1-2H3. The Bertz CT molecular complexity index is 300. The quantitative estimate of drug-likeness (QED) is 0.815. The monoisotopic (exact) mass is 254 g/mol. The van der Waals surface area contributed by atoms with Crippen LogP contribution in [0.25, 0.3) is 0 Å². The lowest BCUT2D eigenvalue weighted by Gasteiger charge is -2.44. The highest BCUT2D eigenvalue weighted by molar-refractivity contribution is 5.86. The molecule has 2 rings (SSSR count). The van der Waals surface area contributed by atoms with E-state index >= 15 is 0 Å². The molecule has 0 radical (unpaired) electrons. The largest absolute Gasteiger partial charge is 0.375 e. The van der Waals surface area contributed by atoms with Crippen molar-refractivity contribution in [2.45, 2.75) is 70.1 Å². The van der Waals surface area contributed by atoms with Gasteiger partial charge in [0.25, 0.3) is 0 Å². The zero-order valence-electron chi connectivity index (χ0n) is 11.7. The number of hydrogen-bond acceptors (Lipinski definition) is 3. The van der Waals surface area contributed by atoms with Crippen LogP contribution < -0.4 is 5.73 Å². The average Bonchev–Trinajstić information content (AvgIpc) is 2.38. The highest BCUT2D eigenvalue weighted by Gasteiger charge is 2.41. The summed E-state index contributed by atoms with van der Waals surface area (Å²) in [6.45, 7) is 5.47. The van der Waals surface area contributed by atoms with Crippen molar-refractivity contribution < 1.29 is 9.53 Å². The smallest absolute Gasteiger partial charge is 0.243 e. The van der Waals surface area contributed by atoms with Gasteiger partial charge in [-0.25, -0.2) is 0 Å². The fraction of sp³-hybridized carbons (Fsp3) is 0.929. The Morgan fingerprint density at radius 1 is 1.39 bits per heavy atom. The second-order valence-electron chi connectivity index (χ2n) is 5.88. The van der Waals surface area contributed by atoms with E-state index < -0.39 is 5.54 Å². The van der Waals surface area contributed by atoms with Crippen molar-refractivity contribution in [2.24, 2.45) is 5.73 Å². The second kappa shape index (κ2) is 5.57. The third kappa shape index (κ3) is 2.69. The van der Waals surface area contributed by atoms with Crippen molar-refractivity contribution >= 4 is 5.91 Å². The number of ether oxygens (including phenoxy) is 1. The number of nitrogens with zero attached hydrogens (tertiary/aromatic N) is 1. The summed E-state index contributed by atoms with van der Waals surface area (Å²) in [5, 5.41) is 0. The van der Waals surface area contributed by atoms with Gasteiger partial charge >= 0.3 is 0 Å². The number of carbonyl (C=O) groups is 1. The van der Waals surface area contributed by atoms with Crippen molar-refractivity contribution in [3.05, 3.63) is 0 Å². The molecular formula is C14H26N2O2. The fourth-order valence-corrected chi connectivity index (χ4v) is 3.11. The van der Waals surface area contributed by atoms with Crippen LogP contribution in [0.3, 0.4) is 0 Å². The van der Waals surface area contributed by atoms with Crippen molar-refractivity contribution in [3.8, 4) is 0 Å². The third-order valence-electron chi connectivity index (χ3n) is 4.37. The number of hydrogen-bond donors (Lipinski definition) is 1. The van der Waals surface area contributed by atoms with E-state index in [1.165, 1.54) is 6.42 Å². The first-order valence-electron chi connectivity index (χ1n) is 7.28. The lowest BCUT2D eigenvalue weighted by atomic mass is 9.81. The van der Waals surface area contributed by atoms with Gasteiger partial charge in [-0.15, -0.1) is 0 Å². The molecule has 1 aliphatic carbocycles. The number of nitrogens with two attached hydrogens (primary N) is 1. The number of carbonyl (C=O) groups excluding carboxylic acids is 1. The first-order valence-corrected chi connectivity index (χ1v) is 7.28. The summed E-state index contributed by atoms with van der Waals surface area (Å²) in [5.74, 6) is 0.157. The first-order chi connectivity index (χ1) is 8.57. The molecule has 1 saturated carbocycles. The molecule has 4 nitrogen and oxygen atoms in total. The Hall–Kier alpha value is -0.610. The van der Waals surface area contributed by atoms with Crippen LogP contribution in [0.15, 0.2) is 0 Å². The maximum atomic E-state index is 12.7. The molecule has 0 bridgehead atoms. The van der Waals surface area contributed by atoms with Crippen LogP contribution in [-0.4, -0.2) is 41.6 Å². The third-order valence-corrected chi connectivity index (χ3v) is 4.37. The van der Waals surface area contributed by atoms with E-state index in [-0.39, 0.29) is 18.1 Å². The summed E-state index contributed by atoms with van der Waals surface area (Å²) in [5.41, 5.74) is 5.76. The SMILES string of the molecule is CCC1COC(C)CN1C(=O)C1(N)CCCCC1. The Kier molecular flexibility index (Phi) is 4.28. The molecule has 1 heterocycles. The van der Waals surface area contributed by atoms with Crippen LogP contribution in [-0.2, 0) is 9.53 Å². The molecule has 1 amide bonds. The zero-order chi connectivity index (χ0) is 13.2. The summed E-state index contributed by atoms with van der Waals surface area (Å²) >= 11 is 0. The van der Waals surface area contributed by atoms with Crippen molar-refractivity contribution in [1.82, 2.24) is 4.90 Å². The molecule has 2 unspecified atom stereocenters. The minimum atomic E-state index is -0.608. The fourth-order valence-electron chi connectivity index (χ4n) is 3.11. The van der Waals surface area contributed by atoms with Crippen molar-refractivity contribution in [1.29, 1.82) is 0 Å². The van der Waals surface area contributed by atoms with Crippen molar-refractivity contribution in [2.75, 3.05) is 13.2 Å². The number of rotatable bonds is 2. The van der Waals surface area contributed by atoms with Gasteiger partial charge in [0.2, 0.25) is 5.91 Å². The summed E-state index contributed by atoms with van der Waals surface area (Å²) < 4.78 is 5.65. The molecule has 0 aromatic rings. The molecule has 2 N–H and O–H groups in total. The topological polar surface area (TPSA) is 55.6 Å². The summed E-state index contributed by atoms with van der Waals surface area (Å²) in [6, 6.07) is 0.205. The van der Waals surface area contributed by atoms with Gasteiger partial charge in [-0.3, -0.25) is 4.79 Å². The van der Waals surface area contributed by atoms with Crippen LogP contribution in [0.1, 0.15) is 52.4 Å². The van der Waals surface area contributed by atoms with Gasteiger partial charge in [0.15, 0.2) is 0 Å². The minimum absolute atomic E-state index is 0.129. The lowest BCUT2D eigenvalue weighted by molar-refractivity contribution is -0.151. The van der Waals surface area contributed by atoms with E-state index in [0.29, 0.717) is 13.2 Å². The highest BCUT2D eigenvalue weighted by Crippen LogP contribution is 2.29. The van der Waals surface area contributed by atoms with Crippen LogP contribution in [0, 0.1) is 0 Å². The number of morpholine rings is 1. The van der Waals surface area contributed by atoms with Gasteiger partial charge in [0.05, 0.1) is 24.3 Å². The molecule has 2 fully saturated rings. The van der Waals surface area contributed by atoms with E-state index in [2.05, 4.69) is 6.92 Å². The molecule has 104 valence electrons. The predicted molar refractivity (Wildman–Crippen MR) is 71.2 cm³/mol.